The minimum Gasteiger partial charge on any atom is -0.768 e. The van der Waals surface area contributed by atoms with Gasteiger partial charge in [0.1, 0.15) is 5.41 Å². The topological polar surface area (TPSA) is 63.2 Å². The molecule has 0 saturated heterocycles. The molecular formula is C41H32F8O3S2-2. The summed E-state index contributed by atoms with van der Waals surface area (Å²) in [6, 6.07) is 43.1. The maximum atomic E-state index is 15.9. The standard InChI is InChI=1S/C23H17F7.C18H17FO3S2/c24-16-20(25,26)22(27,28)23(29,30)21(17-10-4-1-5-11-17,18-12-6-2-7-13-18)19-14-8-3-9-15-19;19-24(20,21,22)23(16-10-4-1-5-11-16,17-12-6-2-7-13-17)18-14-8-3-9-15-18/h1-15H,16H2;1-15H,(H2,20,21,22)/p-2. The molecule has 0 atom stereocenters. The van der Waals surface area contributed by atoms with Crippen molar-refractivity contribution in [3.05, 3.63) is 199 Å². The molecule has 0 aliphatic heterocycles. The predicted octanol–water partition coefficient (Wildman–Crippen LogP) is 11.7. The van der Waals surface area contributed by atoms with Gasteiger partial charge < -0.3 is 9.11 Å². The smallest absolute Gasteiger partial charge is 0.376 e. The first-order chi connectivity index (χ1) is 25.5. The van der Waals surface area contributed by atoms with Gasteiger partial charge in [0.05, 0.1) is 0 Å². The van der Waals surface area contributed by atoms with Crippen LogP contribution in [0, 0.1) is 0 Å². The molecule has 6 aromatic carbocycles. The van der Waals surface area contributed by atoms with Crippen molar-refractivity contribution in [2.75, 3.05) is 6.67 Å². The van der Waals surface area contributed by atoms with Crippen molar-refractivity contribution in [1.29, 1.82) is 0 Å². The van der Waals surface area contributed by atoms with E-state index in [9.17, 15) is 39.2 Å². The van der Waals surface area contributed by atoms with Crippen molar-refractivity contribution < 1.29 is 47.9 Å². The molecule has 54 heavy (non-hydrogen) atoms. The van der Waals surface area contributed by atoms with Gasteiger partial charge in [0.2, 0.25) is 0 Å². The predicted molar refractivity (Wildman–Crippen MR) is 193 cm³/mol. The summed E-state index contributed by atoms with van der Waals surface area (Å²) in [5.41, 5.74) is -4.01. The van der Waals surface area contributed by atoms with E-state index >= 15 is 8.78 Å². The fourth-order valence-corrected chi connectivity index (χ4v) is 13.5. The van der Waals surface area contributed by atoms with E-state index in [4.69, 9.17) is 0 Å². The van der Waals surface area contributed by atoms with Crippen molar-refractivity contribution in [2.45, 2.75) is 37.9 Å². The summed E-state index contributed by atoms with van der Waals surface area (Å²) in [4.78, 5) is 0.436. The van der Waals surface area contributed by atoms with Crippen molar-refractivity contribution in [1.82, 2.24) is 0 Å². The van der Waals surface area contributed by atoms with Gasteiger partial charge in [-0.3, -0.25) is 4.21 Å². The van der Waals surface area contributed by atoms with Gasteiger partial charge in [-0.25, -0.2) is 4.39 Å². The third-order valence-electron chi connectivity index (χ3n) is 8.74. The number of alkyl halides is 7. The molecule has 0 saturated carbocycles. The number of benzene rings is 6. The van der Waals surface area contributed by atoms with Crippen LogP contribution in [0.1, 0.15) is 16.7 Å². The van der Waals surface area contributed by atoms with Crippen molar-refractivity contribution >= 4 is 18.1 Å². The molecule has 6 rings (SSSR count). The highest BCUT2D eigenvalue weighted by Crippen LogP contribution is 2.79. The lowest BCUT2D eigenvalue weighted by Crippen LogP contribution is -2.65. The molecule has 3 nitrogen and oxygen atoms in total. The fourth-order valence-electron chi connectivity index (χ4n) is 6.36. The van der Waals surface area contributed by atoms with Crippen LogP contribution >= 0.6 is 9.06 Å². The quantitative estimate of drug-likeness (QED) is 0.0568. The Labute approximate surface area is 308 Å². The minimum absolute atomic E-state index is 0.145. The van der Waals surface area contributed by atoms with Crippen LogP contribution in [0.3, 0.4) is 0 Å². The molecular weight excluding hydrogens is 757 g/mol. The van der Waals surface area contributed by atoms with Crippen LogP contribution in [0.25, 0.3) is 0 Å². The lowest BCUT2D eigenvalue weighted by molar-refractivity contribution is -0.324. The molecule has 0 spiro atoms. The Morgan fingerprint density at radius 2 is 0.685 bits per heavy atom. The van der Waals surface area contributed by atoms with E-state index in [-0.39, 0.29) is 31.4 Å². The second kappa shape index (κ2) is 15.1. The SMILES string of the molecule is FCC(F)(F)C(F)(F)C(F)(F)C(c1ccccc1)(c1ccccc1)c1ccccc1.O=S([O-])([O-])(F)S(c1ccccc1)(c1ccccc1)c1ccccc1. The van der Waals surface area contributed by atoms with E-state index < -0.39 is 48.0 Å². The van der Waals surface area contributed by atoms with E-state index in [0.29, 0.717) is 0 Å². The average molecular weight is 789 g/mol. The highest BCUT2D eigenvalue weighted by molar-refractivity contribution is 8.96. The van der Waals surface area contributed by atoms with Crippen LogP contribution in [0.2, 0.25) is 0 Å². The Kier molecular flexibility index (Phi) is 11.3. The Bertz CT molecular complexity index is 1970. The first-order valence-electron chi connectivity index (χ1n) is 16.2. The summed E-state index contributed by atoms with van der Waals surface area (Å²) in [5.74, 6) is -17.0. The summed E-state index contributed by atoms with van der Waals surface area (Å²) in [5, 5.41) is 0. The van der Waals surface area contributed by atoms with E-state index in [0.717, 1.165) is 36.4 Å². The Hall–Kier alpha value is -4.82. The molecule has 0 amide bonds. The highest BCUT2D eigenvalue weighted by atomic mass is 33.2. The minimum atomic E-state index is -7.02. The largest absolute Gasteiger partial charge is 0.768 e. The Balaban J connectivity index is 0.000000213. The molecule has 0 radical (unpaired) electrons. The van der Waals surface area contributed by atoms with Gasteiger partial charge in [-0.05, 0) is 62.1 Å². The van der Waals surface area contributed by atoms with Gasteiger partial charge in [0.25, 0.3) is 0 Å². The molecule has 0 heterocycles. The average Bonchev–Trinajstić information content (AvgIpc) is 3.17. The van der Waals surface area contributed by atoms with Crippen molar-refractivity contribution in [3.63, 3.8) is 0 Å². The number of halogens is 8. The number of rotatable bonds is 11. The zero-order valence-corrected chi connectivity index (χ0v) is 29.7. The molecule has 0 bridgehead atoms. The lowest BCUT2D eigenvalue weighted by atomic mass is 9.63. The normalized spacial score (nSPS) is 13.9. The zero-order chi connectivity index (χ0) is 39.3. The van der Waals surface area contributed by atoms with Crippen LogP contribution < -0.4 is 0 Å². The third kappa shape index (κ3) is 6.85. The van der Waals surface area contributed by atoms with E-state index in [2.05, 4.69) is 0 Å². The highest BCUT2D eigenvalue weighted by Gasteiger charge is 2.79. The van der Waals surface area contributed by atoms with E-state index in [1.807, 2.05) is 0 Å². The van der Waals surface area contributed by atoms with Crippen molar-refractivity contribution in [3.8, 4) is 0 Å². The van der Waals surface area contributed by atoms with Crippen LogP contribution in [0.4, 0.5) is 34.6 Å². The summed E-state index contributed by atoms with van der Waals surface area (Å²) < 4.78 is 154. The van der Waals surface area contributed by atoms with Gasteiger partial charge in [0, 0.05) is 14.7 Å². The summed E-state index contributed by atoms with van der Waals surface area (Å²) >= 11 is 0. The molecule has 0 fully saturated rings. The summed E-state index contributed by atoms with van der Waals surface area (Å²) in [7, 11) is -10.7. The third-order valence-corrected chi connectivity index (χ3v) is 16.5. The molecule has 0 aliphatic carbocycles. The Morgan fingerprint density at radius 1 is 0.444 bits per heavy atom. The van der Waals surface area contributed by atoms with Gasteiger partial charge in [-0.1, -0.05) is 155 Å². The van der Waals surface area contributed by atoms with Crippen molar-refractivity contribution in [2.24, 2.45) is 0 Å². The molecule has 0 N–H and O–H groups in total. The lowest BCUT2D eigenvalue weighted by Gasteiger charge is -2.64. The second-order valence-electron chi connectivity index (χ2n) is 12.0. The first kappa shape index (κ1) is 40.4. The van der Waals surface area contributed by atoms with E-state index in [1.165, 1.54) is 91.0 Å². The number of hydrogen-bond acceptors (Lipinski definition) is 3. The van der Waals surface area contributed by atoms with Crippen LogP contribution in [-0.4, -0.2) is 37.8 Å². The van der Waals surface area contributed by atoms with Gasteiger partial charge in [0.15, 0.2) is 6.67 Å². The molecule has 6 aromatic rings. The molecule has 0 aromatic heterocycles. The summed E-state index contributed by atoms with van der Waals surface area (Å²) in [6.45, 7) is -2.93. The fraction of sp³-hybridized carbons (Fsp3) is 0.122. The zero-order valence-electron chi connectivity index (χ0n) is 28.1. The van der Waals surface area contributed by atoms with E-state index in [1.54, 1.807) is 54.6 Å². The van der Waals surface area contributed by atoms with Gasteiger partial charge in [-0.2, -0.15) is 30.2 Å². The van der Waals surface area contributed by atoms with Crippen LogP contribution in [0.15, 0.2) is 197 Å². The molecule has 13 heteroatoms. The van der Waals surface area contributed by atoms with Crippen LogP contribution in [-0.2, 0) is 14.5 Å². The second-order valence-corrected chi connectivity index (χ2v) is 18.9. The number of hydrogen-bond donors (Lipinski definition) is 0. The van der Waals surface area contributed by atoms with Gasteiger partial charge in [-0.15, -0.1) is 0 Å². The van der Waals surface area contributed by atoms with Crippen LogP contribution in [0.5, 0.6) is 0 Å². The monoisotopic (exact) mass is 788 g/mol. The van der Waals surface area contributed by atoms with Gasteiger partial charge >= 0.3 is 17.8 Å². The summed E-state index contributed by atoms with van der Waals surface area (Å²) in [6.07, 6.45) is 0. The maximum Gasteiger partial charge on any atom is 0.376 e. The molecule has 0 aliphatic rings. The Morgan fingerprint density at radius 3 is 0.907 bits per heavy atom. The molecule has 0 unspecified atom stereocenters. The first-order valence-corrected chi connectivity index (χ1v) is 20.0. The molecule has 284 valence electrons. The maximum absolute atomic E-state index is 15.9.